The summed E-state index contributed by atoms with van der Waals surface area (Å²) in [5, 5.41) is 8.00. The number of nitrogens with one attached hydrogen (secondary N) is 3. The average molecular weight is 480 g/mol. The Bertz CT molecular complexity index is 787. The number of hydrogen-bond donors (Lipinski definition) is 4. The fraction of sp³-hybridized carbons (Fsp3) is 0.667. The summed E-state index contributed by atoms with van der Waals surface area (Å²) in [4.78, 5) is 33.0. The van der Waals surface area contributed by atoms with E-state index < -0.39 is 53.8 Å². The van der Waals surface area contributed by atoms with Crippen LogP contribution in [0.25, 0.3) is 0 Å². The summed E-state index contributed by atoms with van der Waals surface area (Å²) in [6.07, 6.45) is -10.6. The van der Waals surface area contributed by atoms with Crippen LogP contribution in [0.15, 0.2) is 4.42 Å². The van der Waals surface area contributed by atoms with Crippen molar-refractivity contribution in [3.63, 3.8) is 0 Å². The van der Waals surface area contributed by atoms with E-state index in [4.69, 9.17) is 10.5 Å². The van der Waals surface area contributed by atoms with Crippen LogP contribution in [0, 0.1) is 0 Å². The minimum atomic E-state index is -5.12. The van der Waals surface area contributed by atoms with Gasteiger partial charge >= 0.3 is 30.2 Å². The van der Waals surface area contributed by atoms with Crippen molar-refractivity contribution in [2.24, 2.45) is 5.73 Å². The molecule has 0 aliphatic heterocycles. The maximum atomic E-state index is 11.8. The van der Waals surface area contributed by atoms with Crippen LogP contribution in [-0.4, -0.2) is 45.9 Å². The van der Waals surface area contributed by atoms with E-state index in [0.717, 1.165) is 0 Å². The van der Waals surface area contributed by atoms with Crippen molar-refractivity contribution in [2.45, 2.75) is 64.7 Å². The lowest BCUT2D eigenvalue weighted by molar-refractivity contribution is -0.175. The van der Waals surface area contributed by atoms with Gasteiger partial charge in [0, 0.05) is 0 Å². The van der Waals surface area contributed by atoms with Gasteiger partial charge in [0.05, 0.1) is 6.04 Å². The highest BCUT2D eigenvalue weighted by Gasteiger charge is 2.39. The topological polar surface area (TPSA) is 161 Å². The van der Waals surface area contributed by atoms with Crippen LogP contribution in [0.1, 0.15) is 52.4 Å². The first kappa shape index (κ1) is 28.9. The van der Waals surface area contributed by atoms with Gasteiger partial charge in [-0.2, -0.15) is 26.3 Å². The van der Waals surface area contributed by atoms with E-state index in [1.165, 1.54) is 24.7 Å². The van der Waals surface area contributed by atoms with E-state index in [9.17, 15) is 40.7 Å². The van der Waals surface area contributed by atoms with Crippen molar-refractivity contribution >= 4 is 17.9 Å². The summed E-state index contributed by atoms with van der Waals surface area (Å²) in [5.74, 6) is -4.94. The Labute approximate surface area is 177 Å². The van der Waals surface area contributed by atoms with Gasteiger partial charge in [-0.15, -0.1) is 10.2 Å². The van der Waals surface area contributed by atoms with Gasteiger partial charge in [0.15, 0.2) is 0 Å². The molecule has 5 N–H and O–H groups in total. The van der Waals surface area contributed by atoms with Crippen LogP contribution < -0.4 is 21.9 Å². The third kappa shape index (κ3) is 11.3. The first-order valence-electron chi connectivity index (χ1n) is 8.56. The smallest absolute Gasteiger partial charge is 0.444 e. The number of halogens is 6. The van der Waals surface area contributed by atoms with Gasteiger partial charge in [-0.25, -0.2) is 4.79 Å². The lowest BCUT2D eigenvalue weighted by Crippen LogP contribution is -2.54. The molecular formula is C15H22F6N6O5. The molecule has 0 aliphatic rings. The second-order valence-electron chi connectivity index (χ2n) is 7.04. The molecule has 0 spiro atoms. The molecule has 11 nitrogen and oxygen atoms in total. The highest BCUT2D eigenvalue weighted by atomic mass is 19.4. The fourth-order valence-corrected chi connectivity index (χ4v) is 1.38. The Hall–Kier alpha value is -3.11. The van der Waals surface area contributed by atoms with Gasteiger partial charge in [-0.3, -0.25) is 20.4 Å². The van der Waals surface area contributed by atoms with Gasteiger partial charge in [0.1, 0.15) is 11.6 Å². The van der Waals surface area contributed by atoms with Crippen LogP contribution in [0.2, 0.25) is 0 Å². The van der Waals surface area contributed by atoms with Crippen molar-refractivity contribution in [2.75, 3.05) is 0 Å². The van der Waals surface area contributed by atoms with Crippen molar-refractivity contribution in [1.29, 1.82) is 0 Å². The van der Waals surface area contributed by atoms with Crippen molar-refractivity contribution in [1.82, 2.24) is 26.4 Å². The molecule has 0 aliphatic carbocycles. The van der Waals surface area contributed by atoms with E-state index in [2.05, 4.69) is 19.9 Å². The van der Waals surface area contributed by atoms with E-state index in [-0.39, 0.29) is 5.89 Å². The molecule has 184 valence electrons. The summed E-state index contributed by atoms with van der Waals surface area (Å²) in [5.41, 5.74) is 7.12. The third-order valence-corrected chi connectivity index (χ3v) is 2.76. The molecule has 0 unspecified atom stereocenters. The molecule has 0 saturated heterocycles. The number of amides is 3. The van der Waals surface area contributed by atoms with Crippen LogP contribution in [0.5, 0.6) is 0 Å². The quantitative estimate of drug-likeness (QED) is 0.376. The maximum absolute atomic E-state index is 11.8. The molecule has 1 aromatic heterocycles. The molecule has 0 saturated carbocycles. The summed E-state index contributed by atoms with van der Waals surface area (Å²) in [6, 6.07) is -1.88. The molecule has 1 heterocycles. The lowest BCUT2D eigenvalue weighted by atomic mass is 10.2. The number of carbonyl (C=O) groups is 3. The zero-order valence-corrected chi connectivity index (χ0v) is 17.4. The van der Waals surface area contributed by atoms with Crippen molar-refractivity contribution in [3.8, 4) is 0 Å². The Morgan fingerprint density at radius 1 is 1.00 bits per heavy atom. The zero-order valence-electron chi connectivity index (χ0n) is 17.4. The van der Waals surface area contributed by atoms with Crippen LogP contribution in [-0.2, 0) is 20.5 Å². The lowest BCUT2D eigenvalue weighted by Gasteiger charge is -2.21. The van der Waals surface area contributed by atoms with Crippen LogP contribution in [0.3, 0.4) is 0 Å². The van der Waals surface area contributed by atoms with Gasteiger partial charge in [0.2, 0.25) is 5.89 Å². The highest BCUT2D eigenvalue weighted by Crippen LogP contribution is 2.28. The largest absolute Gasteiger partial charge is 0.472 e. The number of alkyl carbamates (subject to hydrolysis) is 1. The first-order valence-corrected chi connectivity index (χ1v) is 8.56. The minimum absolute atomic E-state index is 0.220. The Kier molecular flexibility index (Phi) is 9.90. The Morgan fingerprint density at radius 3 is 1.88 bits per heavy atom. The number of hydrogen-bond acceptors (Lipinski definition) is 8. The van der Waals surface area contributed by atoms with Crippen molar-refractivity contribution < 1.29 is 49.9 Å². The SMILES string of the molecule is C[C@@H](N)c1nnc(C(F)(F)F)o1.C[C@@H](NC(=O)OC(C)(C)C)C(=O)NNC(=O)C(F)(F)F. The van der Waals surface area contributed by atoms with Gasteiger partial charge < -0.3 is 20.2 Å². The second-order valence-corrected chi connectivity index (χ2v) is 7.04. The third-order valence-electron chi connectivity index (χ3n) is 2.76. The molecule has 32 heavy (non-hydrogen) atoms. The molecular weight excluding hydrogens is 458 g/mol. The number of carbonyl (C=O) groups excluding carboxylic acids is 3. The monoisotopic (exact) mass is 480 g/mol. The average Bonchev–Trinajstić information content (AvgIpc) is 3.07. The molecule has 0 fully saturated rings. The van der Waals surface area contributed by atoms with Gasteiger partial charge in [0.25, 0.3) is 5.91 Å². The number of aromatic nitrogens is 2. The van der Waals surface area contributed by atoms with Crippen LogP contribution in [0.4, 0.5) is 31.1 Å². The second kappa shape index (κ2) is 11.0. The zero-order chi connectivity index (χ0) is 25.5. The Balaban J connectivity index is 0.000000677. The highest BCUT2D eigenvalue weighted by molar-refractivity contribution is 5.88. The summed E-state index contributed by atoms with van der Waals surface area (Å²) in [6.45, 7) is 7.45. The normalized spacial score (nSPS) is 13.8. The number of ether oxygens (including phenoxy) is 1. The minimum Gasteiger partial charge on any atom is -0.444 e. The number of nitrogens with two attached hydrogens (primary N) is 1. The number of alkyl halides is 6. The molecule has 1 aromatic rings. The van der Waals surface area contributed by atoms with E-state index in [0.29, 0.717) is 0 Å². The van der Waals surface area contributed by atoms with E-state index in [1.54, 1.807) is 20.8 Å². The number of hydrazine groups is 1. The molecule has 3 amide bonds. The standard InChI is InChI=1S/C10H16F3N3O4.C5H6F3N3O/c1-5(14-8(19)20-9(2,3)4)6(17)15-16-7(18)10(11,12)13;1-2(9)3-10-11-4(12-3)5(6,7)8/h5H,1-4H3,(H,14,19)(H,15,17)(H,16,18);2H,9H2,1H3/t5-;2-/m11/s1. The van der Waals surface area contributed by atoms with Crippen LogP contribution >= 0.6 is 0 Å². The molecule has 0 radical (unpaired) electrons. The molecule has 1 rings (SSSR count). The Morgan fingerprint density at radius 2 is 1.53 bits per heavy atom. The summed E-state index contributed by atoms with van der Waals surface area (Å²) < 4.78 is 80.1. The maximum Gasteiger partial charge on any atom is 0.472 e. The van der Waals surface area contributed by atoms with Gasteiger partial charge in [-0.05, 0) is 34.6 Å². The molecule has 0 aromatic carbocycles. The molecule has 0 bridgehead atoms. The van der Waals surface area contributed by atoms with Gasteiger partial charge in [-0.1, -0.05) is 0 Å². The molecule has 17 heteroatoms. The van der Waals surface area contributed by atoms with E-state index in [1.807, 2.05) is 0 Å². The predicted octanol–water partition coefficient (Wildman–Crippen LogP) is 1.72. The first-order chi connectivity index (χ1) is 14.2. The number of nitrogens with zero attached hydrogens (tertiary/aromatic N) is 2. The van der Waals surface area contributed by atoms with Crippen molar-refractivity contribution in [3.05, 3.63) is 11.8 Å². The summed E-state index contributed by atoms with van der Waals surface area (Å²) >= 11 is 0. The molecule has 2 atom stereocenters. The fourth-order valence-electron chi connectivity index (χ4n) is 1.38. The summed E-state index contributed by atoms with van der Waals surface area (Å²) in [7, 11) is 0. The predicted molar refractivity (Wildman–Crippen MR) is 93.1 cm³/mol. The van der Waals surface area contributed by atoms with E-state index >= 15 is 0 Å². The number of rotatable bonds is 3.